The molecule has 3 nitrogen and oxygen atoms in total. The molecule has 0 radical (unpaired) electrons. The minimum Gasteiger partial charge on any atom is -0.497 e. The number of hydrogen-bond acceptors (Lipinski definition) is 3. The fourth-order valence-electron chi connectivity index (χ4n) is 2.00. The molecule has 20 heavy (non-hydrogen) atoms. The van der Waals surface area contributed by atoms with E-state index in [1.807, 2.05) is 6.92 Å². The number of methoxy groups -OCH3 is 1. The van der Waals surface area contributed by atoms with E-state index in [1.165, 1.54) is 19.2 Å². The van der Waals surface area contributed by atoms with Crippen molar-refractivity contribution in [1.29, 1.82) is 0 Å². The van der Waals surface area contributed by atoms with E-state index in [-0.39, 0.29) is 11.3 Å². The Labute approximate surface area is 116 Å². The summed E-state index contributed by atoms with van der Waals surface area (Å²) >= 11 is 0. The van der Waals surface area contributed by atoms with Crippen LogP contribution in [0.15, 0.2) is 18.2 Å². The maximum absolute atomic E-state index is 13.0. The van der Waals surface area contributed by atoms with Crippen LogP contribution in [0.1, 0.15) is 43.4 Å². The average molecular weight is 291 g/mol. The summed E-state index contributed by atoms with van der Waals surface area (Å²) in [5.74, 6) is 0.108. The Bertz CT molecular complexity index is 435. The fraction of sp³-hybridized carbons (Fsp3) is 0.571. The van der Waals surface area contributed by atoms with Crippen LogP contribution in [0.5, 0.6) is 5.75 Å². The van der Waals surface area contributed by atoms with Gasteiger partial charge in [-0.15, -0.1) is 0 Å². The van der Waals surface area contributed by atoms with Crippen LogP contribution < -0.4 is 10.5 Å². The number of rotatable bonds is 6. The lowest BCUT2D eigenvalue weighted by molar-refractivity contribution is -0.138. The predicted molar refractivity (Wildman–Crippen MR) is 70.5 cm³/mol. The topological polar surface area (TPSA) is 55.5 Å². The lowest BCUT2D eigenvalue weighted by Crippen LogP contribution is -2.28. The molecule has 0 bridgehead atoms. The van der Waals surface area contributed by atoms with Crippen molar-refractivity contribution in [3.8, 4) is 5.75 Å². The van der Waals surface area contributed by atoms with Gasteiger partial charge in [-0.2, -0.15) is 13.2 Å². The first-order valence-electron chi connectivity index (χ1n) is 6.50. The van der Waals surface area contributed by atoms with E-state index < -0.39 is 23.9 Å². The molecule has 3 N–H and O–H groups in total. The van der Waals surface area contributed by atoms with E-state index in [0.29, 0.717) is 12.8 Å². The van der Waals surface area contributed by atoms with Crippen LogP contribution >= 0.6 is 0 Å². The Balaban J connectivity index is 3.10. The second-order valence-corrected chi connectivity index (χ2v) is 4.69. The molecule has 0 heterocycles. The summed E-state index contributed by atoms with van der Waals surface area (Å²) in [7, 11) is 1.30. The van der Waals surface area contributed by atoms with Gasteiger partial charge in [0, 0.05) is 0 Å². The molecule has 0 aliphatic carbocycles. The van der Waals surface area contributed by atoms with Crippen LogP contribution in [0.2, 0.25) is 0 Å². The SMILES string of the molecule is CCCC[C@H](O)[C@H](N)c1ccc(OC)cc1C(F)(F)F. The highest BCUT2D eigenvalue weighted by Crippen LogP contribution is 2.37. The number of benzene rings is 1. The third-order valence-electron chi connectivity index (χ3n) is 3.19. The largest absolute Gasteiger partial charge is 0.497 e. The van der Waals surface area contributed by atoms with Gasteiger partial charge in [0.1, 0.15) is 5.75 Å². The molecule has 1 rings (SSSR count). The van der Waals surface area contributed by atoms with Gasteiger partial charge in [0.25, 0.3) is 0 Å². The summed E-state index contributed by atoms with van der Waals surface area (Å²) in [6.07, 6.45) is -3.60. The Hall–Kier alpha value is -1.27. The molecule has 114 valence electrons. The van der Waals surface area contributed by atoms with E-state index in [0.717, 1.165) is 12.5 Å². The highest BCUT2D eigenvalue weighted by molar-refractivity contribution is 5.39. The van der Waals surface area contributed by atoms with Gasteiger partial charge in [0.05, 0.1) is 24.8 Å². The van der Waals surface area contributed by atoms with Gasteiger partial charge in [-0.1, -0.05) is 25.8 Å². The Morgan fingerprint density at radius 2 is 2.00 bits per heavy atom. The fourth-order valence-corrected chi connectivity index (χ4v) is 2.00. The Morgan fingerprint density at radius 3 is 2.50 bits per heavy atom. The zero-order valence-corrected chi connectivity index (χ0v) is 11.6. The standard InChI is InChI=1S/C14H20F3NO2/c1-3-4-5-12(19)13(18)10-7-6-9(20-2)8-11(10)14(15,16)17/h6-8,12-13,19H,3-5,18H2,1-2H3/t12-,13+/m0/s1. The van der Waals surface area contributed by atoms with Crippen molar-refractivity contribution in [3.63, 3.8) is 0 Å². The summed E-state index contributed by atoms with van der Waals surface area (Å²) in [5.41, 5.74) is 4.81. The molecule has 1 aromatic rings. The number of halogens is 3. The Kier molecular flexibility index (Phi) is 5.83. The van der Waals surface area contributed by atoms with Gasteiger partial charge in [0.2, 0.25) is 0 Å². The third kappa shape index (κ3) is 4.11. The number of aliphatic hydroxyl groups is 1. The lowest BCUT2D eigenvalue weighted by atomic mass is 9.94. The van der Waals surface area contributed by atoms with Gasteiger partial charge in [0.15, 0.2) is 0 Å². The van der Waals surface area contributed by atoms with E-state index in [2.05, 4.69) is 0 Å². The molecule has 0 amide bonds. The number of alkyl halides is 3. The highest BCUT2D eigenvalue weighted by Gasteiger charge is 2.36. The summed E-state index contributed by atoms with van der Waals surface area (Å²) in [6, 6.07) is 2.52. The van der Waals surface area contributed by atoms with E-state index in [1.54, 1.807) is 0 Å². The normalized spacial score (nSPS) is 14.9. The minimum atomic E-state index is -4.54. The predicted octanol–water partition coefficient (Wildman–Crippen LogP) is 3.26. The van der Waals surface area contributed by atoms with Crippen molar-refractivity contribution in [2.24, 2.45) is 5.73 Å². The van der Waals surface area contributed by atoms with Crippen molar-refractivity contribution >= 4 is 0 Å². The molecule has 0 aliphatic heterocycles. The molecular weight excluding hydrogens is 271 g/mol. The minimum absolute atomic E-state index is 0.108. The quantitative estimate of drug-likeness (QED) is 0.845. The van der Waals surface area contributed by atoms with Crippen molar-refractivity contribution in [2.45, 2.75) is 44.5 Å². The first-order valence-corrected chi connectivity index (χ1v) is 6.50. The molecule has 2 atom stereocenters. The highest BCUT2D eigenvalue weighted by atomic mass is 19.4. The van der Waals surface area contributed by atoms with E-state index >= 15 is 0 Å². The van der Waals surface area contributed by atoms with Crippen molar-refractivity contribution in [3.05, 3.63) is 29.3 Å². The van der Waals surface area contributed by atoms with Gasteiger partial charge in [-0.3, -0.25) is 0 Å². The maximum atomic E-state index is 13.0. The van der Waals surface area contributed by atoms with Crippen molar-refractivity contribution < 1.29 is 23.0 Å². The summed E-state index contributed by atoms with van der Waals surface area (Å²) < 4.78 is 43.9. The number of nitrogens with two attached hydrogens (primary N) is 1. The number of hydrogen-bond donors (Lipinski definition) is 2. The molecule has 0 aliphatic rings. The van der Waals surface area contributed by atoms with Crippen LogP contribution in [-0.2, 0) is 6.18 Å². The Morgan fingerprint density at radius 1 is 1.35 bits per heavy atom. The molecule has 0 unspecified atom stereocenters. The molecular formula is C14H20F3NO2. The molecule has 0 spiro atoms. The number of aliphatic hydroxyl groups excluding tert-OH is 1. The number of ether oxygens (including phenoxy) is 1. The van der Waals surface area contributed by atoms with E-state index in [9.17, 15) is 18.3 Å². The van der Waals surface area contributed by atoms with Gasteiger partial charge in [-0.05, 0) is 24.1 Å². The monoisotopic (exact) mass is 291 g/mol. The molecule has 0 saturated heterocycles. The lowest BCUT2D eigenvalue weighted by Gasteiger charge is -2.23. The first kappa shape index (κ1) is 16.8. The van der Waals surface area contributed by atoms with Gasteiger partial charge < -0.3 is 15.6 Å². The van der Waals surface area contributed by atoms with Crippen LogP contribution in [0.25, 0.3) is 0 Å². The average Bonchev–Trinajstić information content (AvgIpc) is 2.42. The van der Waals surface area contributed by atoms with Gasteiger partial charge in [-0.25, -0.2) is 0 Å². The maximum Gasteiger partial charge on any atom is 0.416 e. The summed E-state index contributed by atoms with van der Waals surface area (Å²) in [5, 5.41) is 9.90. The second kappa shape index (κ2) is 6.95. The van der Waals surface area contributed by atoms with Gasteiger partial charge >= 0.3 is 6.18 Å². The second-order valence-electron chi connectivity index (χ2n) is 4.69. The first-order chi connectivity index (χ1) is 9.31. The summed E-state index contributed by atoms with van der Waals surface area (Å²) in [6.45, 7) is 1.94. The smallest absolute Gasteiger partial charge is 0.416 e. The molecule has 6 heteroatoms. The van der Waals surface area contributed by atoms with Crippen molar-refractivity contribution in [1.82, 2.24) is 0 Å². The van der Waals surface area contributed by atoms with Crippen LogP contribution in [0.3, 0.4) is 0 Å². The van der Waals surface area contributed by atoms with E-state index in [4.69, 9.17) is 10.5 Å². The zero-order valence-electron chi connectivity index (χ0n) is 11.6. The molecule has 0 saturated carbocycles. The molecule has 0 fully saturated rings. The zero-order chi connectivity index (χ0) is 15.3. The third-order valence-corrected chi connectivity index (χ3v) is 3.19. The van der Waals surface area contributed by atoms with Crippen LogP contribution in [0, 0.1) is 0 Å². The van der Waals surface area contributed by atoms with Crippen LogP contribution in [-0.4, -0.2) is 18.3 Å². The van der Waals surface area contributed by atoms with Crippen molar-refractivity contribution in [2.75, 3.05) is 7.11 Å². The molecule has 1 aromatic carbocycles. The van der Waals surface area contributed by atoms with Crippen LogP contribution in [0.4, 0.5) is 13.2 Å². The number of unbranched alkanes of at least 4 members (excludes halogenated alkanes) is 1. The summed E-state index contributed by atoms with van der Waals surface area (Å²) in [4.78, 5) is 0. The molecule has 0 aromatic heterocycles.